The Hall–Kier alpha value is -2.01. The van der Waals surface area contributed by atoms with Crippen molar-refractivity contribution in [2.45, 2.75) is 33.1 Å². The second-order valence-corrected chi connectivity index (χ2v) is 6.12. The van der Waals surface area contributed by atoms with E-state index in [0.29, 0.717) is 0 Å². The van der Waals surface area contributed by atoms with Crippen molar-refractivity contribution < 1.29 is 16.8 Å². The fourth-order valence-electron chi connectivity index (χ4n) is 2.03. The predicted molar refractivity (Wildman–Crippen MR) is 86.4 cm³/mol. The SMILES string of the molecule is CCCc1ccc(OS(=O)(=O)Oc2ccc(CC)cc2)cc1. The molecule has 0 unspecified atom stereocenters. The average Bonchev–Trinajstić information content (AvgIpc) is 2.49. The minimum atomic E-state index is -4.13. The van der Waals surface area contributed by atoms with Crippen LogP contribution in [0.3, 0.4) is 0 Å². The first-order valence-corrected chi connectivity index (χ1v) is 8.67. The quantitative estimate of drug-likeness (QED) is 0.776. The fraction of sp³-hybridized carbons (Fsp3) is 0.294. The van der Waals surface area contributed by atoms with Gasteiger partial charge in [-0.3, -0.25) is 0 Å². The molecule has 0 saturated heterocycles. The third-order valence-corrected chi connectivity index (χ3v) is 3.98. The van der Waals surface area contributed by atoms with E-state index < -0.39 is 10.4 Å². The molecule has 0 aliphatic carbocycles. The van der Waals surface area contributed by atoms with Crippen molar-refractivity contribution in [1.82, 2.24) is 0 Å². The summed E-state index contributed by atoms with van der Waals surface area (Å²) in [6, 6.07) is 13.8. The molecule has 0 aliphatic heterocycles. The van der Waals surface area contributed by atoms with Gasteiger partial charge in [0.25, 0.3) is 0 Å². The first kappa shape index (κ1) is 16.4. The molecule has 0 radical (unpaired) electrons. The van der Waals surface area contributed by atoms with Crippen LogP contribution in [-0.2, 0) is 23.2 Å². The largest absolute Gasteiger partial charge is 0.500 e. The molecule has 2 rings (SSSR count). The number of benzene rings is 2. The van der Waals surface area contributed by atoms with Crippen LogP contribution in [0.4, 0.5) is 0 Å². The summed E-state index contributed by atoms with van der Waals surface area (Å²) in [5.41, 5.74) is 2.25. The van der Waals surface area contributed by atoms with Gasteiger partial charge in [0.1, 0.15) is 11.5 Å². The summed E-state index contributed by atoms with van der Waals surface area (Å²) in [6.07, 6.45) is 2.87. The molecule has 0 bridgehead atoms. The zero-order valence-corrected chi connectivity index (χ0v) is 13.6. The Kier molecular flexibility index (Phi) is 5.44. The van der Waals surface area contributed by atoms with E-state index in [4.69, 9.17) is 8.37 Å². The molecule has 2 aromatic carbocycles. The Balaban J connectivity index is 2.03. The molecule has 22 heavy (non-hydrogen) atoms. The summed E-state index contributed by atoms with van der Waals surface area (Å²) >= 11 is 0. The third kappa shape index (κ3) is 4.77. The van der Waals surface area contributed by atoms with E-state index >= 15 is 0 Å². The molecular weight excluding hydrogens is 300 g/mol. The molecular formula is C17H20O4S. The lowest BCUT2D eigenvalue weighted by molar-refractivity contribution is 0.392. The first-order valence-electron chi connectivity index (χ1n) is 7.34. The van der Waals surface area contributed by atoms with Crippen LogP contribution in [0.25, 0.3) is 0 Å². The standard InChI is InChI=1S/C17H20O4S/c1-3-5-15-8-12-17(13-9-15)21-22(18,19)20-16-10-6-14(4-2)7-11-16/h6-13H,3-5H2,1-2H3. The van der Waals surface area contributed by atoms with Gasteiger partial charge in [0, 0.05) is 0 Å². The molecule has 0 atom stereocenters. The maximum Gasteiger partial charge on any atom is 0.500 e. The second-order valence-electron chi connectivity index (χ2n) is 4.97. The van der Waals surface area contributed by atoms with Crippen LogP contribution in [0.2, 0.25) is 0 Å². The minimum absolute atomic E-state index is 0.236. The van der Waals surface area contributed by atoms with Gasteiger partial charge in [0.2, 0.25) is 0 Å². The summed E-state index contributed by atoms with van der Waals surface area (Å²) in [7, 11) is -4.13. The second kappa shape index (κ2) is 7.31. The van der Waals surface area contributed by atoms with E-state index in [-0.39, 0.29) is 11.5 Å². The van der Waals surface area contributed by atoms with Crippen LogP contribution in [-0.4, -0.2) is 8.42 Å². The molecule has 0 aliphatic rings. The highest BCUT2D eigenvalue weighted by molar-refractivity contribution is 7.82. The lowest BCUT2D eigenvalue weighted by Crippen LogP contribution is -2.16. The van der Waals surface area contributed by atoms with Crippen molar-refractivity contribution >= 4 is 10.4 Å². The number of rotatable bonds is 7. The van der Waals surface area contributed by atoms with Gasteiger partial charge in [-0.15, -0.1) is 8.42 Å². The van der Waals surface area contributed by atoms with E-state index in [0.717, 1.165) is 30.4 Å². The topological polar surface area (TPSA) is 52.6 Å². The molecule has 2 aromatic rings. The Morgan fingerprint density at radius 3 is 1.64 bits per heavy atom. The van der Waals surface area contributed by atoms with Crippen molar-refractivity contribution in [3.05, 3.63) is 59.7 Å². The van der Waals surface area contributed by atoms with Gasteiger partial charge in [-0.25, -0.2) is 0 Å². The predicted octanol–water partition coefficient (Wildman–Crippen LogP) is 3.90. The number of hydrogen-bond donors (Lipinski definition) is 0. The highest BCUT2D eigenvalue weighted by Gasteiger charge is 2.15. The minimum Gasteiger partial charge on any atom is -0.353 e. The average molecular weight is 320 g/mol. The van der Waals surface area contributed by atoms with E-state index in [1.807, 2.05) is 31.2 Å². The van der Waals surface area contributed by atoms with Crippen molar-refractivity contribution in [2.24, 2.45) is 0 Å². The molecule has 0 fully saturated rings. The highest BCUT2D eigenvalue weighted by atomic mass is 32.3. The van der Waals surface area contributed by atoms with E-state index in [1.54, 1.807) is 24.3 Å². The molecule has 0 spiro atoms. The summed E-state index contributed by atoms with van der Waals surface area (Å²) < 4.78 is 33.7. The van der Waals surface area contributed by atoms with Crippen LogP contribution in [0, 0.1) is 0 Å². The van der Waals surface area contributed by atoms with Gasteiger partial charge in [0.05, 0.1) is 0 Å². The van der Waals surface area contributed by atoms with Crippen molar-refractivity contribution in [3.8, 4) is 11.5 Å². The molecule has 0 amide bonds. The zero-order valence-electron chi connectivity index (χ0n) is 12.8. The Morgan fingerprint density at radius 2 is 1.23 bits per heavy atom. The number of aryl methyl sites for hydroxylation is 2. The molecule has 0 saturated carbocycles. The smallest absolute Gasteiger partial charge is 0.353 e. The van der Waals surface area contributed by atoms with Gasteiger partial charge >= 0.3 is 10.4 Å². The normalized spacial score (nSPS) is 11.2. The number of hydrogen-bond acceptors (Lipinski definition) is 4. The van der Waals surface area contributed by atoms with Gasteiger partial charge in [-0.1, -0.05) is 44.5 Å². The zero-order chi connectivity index (χ0) is 16.0. The van der Waals surface area contributed by atoms with Crippen LogP contribution in [0.15, 0.2) is 48.5 Å². The maximum atomic E-state index is 11.9. The molecule has 0 heterocycles. The Morgan fingerprint density at radius 1 is 0.773 bits per heavy atom. The van der Waals surface area contributed by atoms with Gasteiger partial charge in [0.15, 0.2) is 0 Å². The highest BCUT2D eigenvalue weighted by Crippen LogP contribution is 2.19. The summed E-state index contributed by atoms with van der Waals surface area (Å²) in [4.78, 5) is 0. The third-order valence-electron chi connectivity index (χ3n) is 3.19. The summed E-state index contributed by atoms with van der Waals surface area (Å²) in [6.45, 7) is 4.12. The van der Waals surface area contributed by atoms with Gasteiger partial charge in [-0.2, -0.15) is 0 Å². The molecule has 0 N–H and O–H groups in total. The van der Waals surface area contributed by atoms with E-state index in [9.17, 15) is 8.42 Å². The molecule has 5 heteroatoms. The lowest BCUT2D eigenvalue weighted by atomic mass is 10.1. The molecule has 118 valence electrons. The summed E-state index contributed by atoms with van der Waals surface area (Å²) in [5, 5.41) is 0. The summed E-state index contributed by atoms with van der Waals surface area (Å²) in [5.74, 6) is 0.477. The lowest BCUT2D eigenvalue weighted by Gasteiger charge is -2.08. The van der Waals surface area contributed by atoms with E-state index in [1.165, 1.54) is 0 Å². The maximum absolute atomic E-state index is 11.9. The van der Waals surface area contributed by atoms with Crippen LogP contribution in [0.5, 0.6) is 11.5 Å². The van der Waals surface area contributed by atoms with Crippen LogP contribution >= 0.6 is 0 Å². The van der Waals surface area contributed by atoms with Crippen molar-refractivity contribution in [2.75, 3.05) is 0 Å². The Labute approximate surface area is 132 Å². The van der Waals surface area contributed by atoms with Gasteiger partial charge < -0.3 is 8.37 Å². The van der Waals surface area contributed by atoms with Crippen molar-refractivity contribution in [3.63, 3.8) is 0 Å². The van der Waals surface area contributed by atoms with E-state index in [2.05, 4.69) is 6.92 Å². The van der Waals surface area contributed by atoms with Crippen LogP contribution in [0.1, 0.15) is 31.4 Å². The fourth-order valence-corrected chi connectivity index (χ4v) is 2.76. The molecule has 0 aromatic heterocycles. The van der Waals surface area contributed by atoms with Gasteiger partial charge in [-0.05, 0) is 48.2 Å². The van der Waals surface area contributed by atoms with Crippen molar-refractivity contribution in [1.29, 1.82) is 0 Å². The first-order chi connectivity index (χ1) is 10.5. The molecule has 4 nitrogen and oxygen atoms in total. The Bertz CT molecular complexity index is 688. The van der Waals surface area contributed by atoms with Crippen LogP contribution < -0.4 is 8.37 Å². The monoisotopic (exact) mass is 320 g/mol.